The van der Waals surface area contributed by atoms with Gasteiger partial charge < -0.3 is 9.64 Å². The van der Waals surface area contributed by atoms with Crippen LogP contribution in [0.15, 0.2) is 10.8 Å². The molecule has 0 aromatic heterocycles. The van der Waals surface area contributed by atoms with Crippen molar-refractivity contribution in [2.75, 3.05) is 13.2 Å². The summed E-state index contributed by atoms with van der Waals surface area (Å²) in [5.41, 5.74) is 1.28. The van der Waals surface area contributed by atoms with Gasteiger partial charge in [0.25, 0.3) is 0 Å². The zero-order valence-corrected chi connectivity index (χ0v) is 10.6. The number of nitrogens with zero attached hydrogens (tertiary/aromatic N) is 1. The Morgan fingerprint density at radius 3 is 2.67 bits per heavy atom. The second kappa shape index (κ2) is 4.60. The first-order valence-corrected chi connectivity index (χ1v) is 6.24. The van der Waals surface area contributed by atoms with Gasteiger partial charge in [-0.3, -0.25) is 0 Å². The summed E-state index contributed by atoms with van der Waals surface area (Å²) >= 11 is 4.23. The zero-order chi connectivity index (χ0) is 9.14. The first-order chi connectivity index (χ1) is 5.70. The average molecular weight is 299 g/mol. The Morgan fingerprint density at radius 1 is 1.58 bits per heavy atom. The minimum Gasteiger partial charge on any atom is -0.486 e. The third-order valence-corrected chi connectivity index (χ3v) is 4.30. The summed E-state index contributed by atoms with van der Waals surface area (Å²) in [4.78, 5) is 2.34. The lowest BCUT2D eigenvalue weighted by Crippen LogP contribution is -2.22. The molecule has 70 valence electrons. The molecular weight excluding hydrogens is 285 g/mol. The fourth-order valence-corrected chi connectivity index (χ4v) is 3.75. The van der Waals surface area contributed by atoms with E-state index in [1.165, 1.54) is 5.70 Å². The first kappa shape index (κ1) is 10.5. The number of hydrogen-bond acceptors (Lipinski definition) is 3. The van der Waals surface area contributed by atoms with E-state index in [1.54, 1.807) is 11.8 Å². The van der Waals surface area contributed by atoms with Crippen molar-refractivity contribution < 1.29 is 4.74 Å². The molecule has 1 heterocycles. The Bertz CT molecular complexity index is 195. The van der Waals surface area contributed by atoms with E-state index in [1.807, 2.05) is 6.92 Å². The minimum absolute atomic E-state index is 0.508. The molecule has 0 fully saturated rings. The maximum Gasteiger partial charge on any atom is 0.174 e. The molecule has 12 heavy (non-hydrogen) atoms. The highest BCUT2D eigenvalue weighted by Gasteiger charge is 2.27. The molecular formula is C8H14INOS. The number of rotatable bonds is 3. The first-order valence-electron chi connectivity index (χ1n) is 4.11. The van der Waals surface area contributed by atoms with Gasteiger partial charge in [-0.2, -0.15) is 0 Å². The Labute approximate surface area is 91.9 Å². The van der Waals surface area contributed by atoms with Crippen molar-refractivity contribution in [3.8, 4) is 0 Å². The molecule has 0 amide bonds. The molecule has 0 aromatic carbocycles. The monoisotopic (exact) mass is 299 g/mol. The van der Waals surface area contributed by atoms with Crippen LogP contribution >= 0.6 is 34.4 Å². The van der Waals surface area contributed by atoms with Crippen LogP contribution in [-0.4, -0.2) is 21.4 Å². The van der Waals surface area contributed by atoms with Crippen molar-refractivity contribution in [2.45, 2.75) is 24.2 Å². The second-order valence-corrected chi connectivity index (χ2v) is 5.58. The molecule has 0 aliphatic carbocycles. The molecule has 1 unspecified atom stereocenters. The van der Waals surface area contributed by atoms with Crippen LogP contribution in [0.2, 0.25) is 0 Å². The molecule has 2 nitrogen and oxygen atoms in total. The molecule has 0 radical (unpaired) electrons. The van der Waals surface area contributed by atoms with Crippen molar-refractivity contribution in [1.82, 2.24) is 4.90 Å². The summed E-state index contributed by atoms with van der Waals surface area (Å²) in [7, 11) is 0. The molecule has 0 spiro atoms. The second-order valence-electron chi connectivity index (χ2n) is 2.50. The summed E-state index contributed by atoms with van der Waals surface area (Å²) in [5.74, 6) is 0. The highest BCUT2D eigenvalue weighted by Crippen LogP contribution is 2.41. The lowest BCUT2D eigenvalue weighted by Gasteiger charge is -2.20. The van der Waals surface area contributed by atoms with E-state index in [9.17, 15) is 0 Å². The van der Waals surface area contributed by atoms with Crippen LogP contribution in [-0.2, 0) is 4.74 Å². The molecule has 1 aliphatic heterocycles. The van der Waals surface area contributed by atoms with Crippen LogP contribution in [0, 0.1) is 0 Å². The summed E-state index contributed by atoms with van der Waals surface area (Å²) in [6.45, 7) is 8.14. The largest absolute Gasteiger partial charge is 0.486 e. The quantitative estimate of drug-likeness (QED) is 0.451. The van der Waals surface area contributed by atoms with E-state index in [4.69, 9.17) is 4.74 Å². The van der Waals surface area contributed by atoms with Crippen molar-refractivity contribution in [2.24, 2.45) is 0 Å². The SMILES string of the molecule is CCOC1=C(C)N(CC)C(I)S1. The number of ether oxygens (including phenoxy) is 1. The van der Waals surface area contributed by atoms with Gasteiger partial charge in [-0.15, -0.1) is 0 Å². The van der Waals surface area contributed by atoms with Gasteiger partial charge in [0, 0.05) is 6.54 Å². The van der Waals surface area contributed by atoms with Gasteiger partial charge in [-0.1, -0.05) is 11.8 Å². The highest BCUT2D eigenvalue weighted by atomic mass is 127. The third kappa shape index (κ3) is 2.02. The van der Waals surface area contributed by atoms with E-state index in [0.29, 0.717) is 3.38 Å². The van der Waals surface area contributed by atoms with Crippen molar-refractivity contribution in [1.29, 1.82) is 0 Å². The van der Waals surface area contributed by atoms with Gasteiger partial charge in [0.2, 0.25) is 0 Å². The fraction of sp³-hybridized carbons (Fsp3) is 0.750. The number of hydrogen-bond donors (Lipinski definition) is 0. The molecule has 0 N–H and O–H groups in total. The Balaban J connectivity index is 2.67. The molecule has 0 aromatic rings. The van der Waals surface area contributed by atoms with Gasteiger partial charge in [0.05, 0.1) is 12.3 Å². The number of alkyl halides is 1. The smallest absolute Gasteiger partial charge is 0.174 e. The molecule has 1 rings (SSSR count). The van der Waals surface area contributed by atoms with E-state index >= 15 is 0 Å². The summed E-state index contributed by atoms with van der Waals surface area (Å²) < 4.78 is 6.02. The summed E-state index contributed by atoms with van der Waals surface area (Å²) in [6, 6.07) is 0. The lowest BCUT2D eigenvalue weighted by atomic mass is 10.4. The van der Waals surface area contributed by atoms with Gasteiger partial charge in [-0.05, 0) is 43.4 Å². The Morgan fingerprint density at radius 2 is 2.25 bits per heavy atom. The van der Waals surface area contributed by atoms with Gasteiger partial charge in [-0.25, -0.2) is 0 Å². The molecule has 1 aliphatic rings. The minimum atomic E-state index is 0.508. The third-order valence-electron chi connectivity index (χ3n) is 1.79. The average Bonchev–Trinajstić information content (AvgIpc) is 2.29. The fourth-order valence-electron chi connectivity index (χ4n) is 1.16. The number of thioether (sulfide) groups is 1. The molecule has 4 heteroatoms. The standard InChI is InChI=1S/C8H14INOS/c1-4-10-6(3)7(11-5-2)12-8(10)9/h8H,4-5H2,1-3H3. The lowest BCUT2D eigenvalue weighted by molar-refractivity contribution is 0.247. The van der Waals surface area contributed by atoms with Crippen LogP contribution in [0.25, 0.3) is 0 Å². The molecule has 1 atom stereocenters. The molecule has 0 bridgehead atoms. The van der Waals surface area contributed by atoms with Crippen LogP contribution < -0.4 is 0 Å². The summed E-state index contributed by atoms with van der Waals surface area (Å²) in [6.07, 6.45) is 0. The van der Waals surface area contributed by atoms with Crippen LogP contribution in [0.5, 0.6) is 0 Å². The van der Waals surface area contributed by atoms with Crippen LogP contribution in [0.3, 0.4) is 0 Å². The van der Waals surface area contributed by atoms with Crippen LogP contribution in [0.4, 0.5) is 0 Å². The van der Waals surface area contributed by atoms with Gasteiger partial charge in [0.1, 0.15) is 3.38 Å². The molecule has 0 saturated heterocycles. The predicted octanol–water partition coefficient (Wildman–Crippen LogP) is 3.00. The maximum absolute atomic E-state index is 5.51. The van der Waals surface area contributed by atoms with Crippen LogP contribution in [0.1, 0.15) is 20.8 Å². The van der Waals surface area contributed by atoms with Gasteiger partial charge >= 0.3 is 0 Å². The maximum atomic E-state index is 5.51. The van der Waals surface area contributed by atoms with E-state index in [-0.39, 0.29) is 0 Å². The Kier molecular flexibility index (Phi) is 4.02. The van der Waals surface area contributed by atoms with Crippen molar-refractivity contribution in [3.63, 3.8) is 0 Å². The van der Waals surface area contributed by atoms with Gasteiger partial charge in [0.15, 0.2) is 5.09 Å². The summed E-state index contributed by atoms with van der Waals surface area (Å²) in [5, 5.41) is 1.10. The topological polar surface area (TPSA) is 12.5 Å². The Hall–Kier alpha value is 0.420. The van der Waals surface area contributed by atoms with E-state index in [2.05, 4.69) is 41.3 Å². The van der Waals surface area contributed by atoms with E-state index < -0.39 is 0 Å². The number of allylic oxidation sites excluding steroid dienone is 1. The normalized spacial score (nSPS) is 23.7. The molecule has 0 saturated carbocycles. The van der Waals surface area contributed by atoms with E-state index in [0.717, 1.165) is 18.2 Å². The number of halogens is 1. The zero-order valence-electron chi connectivity index (χ0n) is 7.63. The highest BCUT2D eigenvalue weighted by molar-refractivity contribution is 14.1. The van der Waals surface area contributed by atoms with Crippen molar-refractivity contribution >= 4 is 34.4 Å². The predicted molar refractivity (Wildman–Crippen MR) is 62.1 cm³/mol. The van der Waals surface area contributed by atoms with Crippen molar-refractivity contribution in [3.05, 3.63) is 10.8 Å².